The fourth-order valence-corrected chi connectivity index (χ4v) is 1.33. The highest BCUT2D eigenvalue weighted by molar-refractivity contribution is 6.32. The van der Waals surface area contributed by atoms with Crippen molar-refractivity contribution >= 4 is 25.2 Å². The van der Waals surface area contributed by atoms with Crippen molar-refractivity contribution in [3.63, 3.8) is 0 Å². The van der Waals surface area contributed by atoms with Gasteiger partial charge in [0, 0.05) is 12.1 Å². The smallest absolute Gasteiger partial charge is 0.113 e. The fourth-order valence-electron chi connectivity index (χ4n) is 1.33. The fraction of sp³-hybridized carbons (Fsp3) is 0.222. The van der Waals surface area contributed by atoms with Crippen LogP contribution >= 0.6 is 0 Å². The maximum Gasteiger partial charge on any atom is 0.113 e. The van der Waals surface area contributed by atoms with Crippen LogP contribution in [0.25, 0.3) is 0 Å². The van der Waals surface area contributed by atoms with Gasteiger partial charge in [-0.25, -0.2) is 0 Å². The van der Waals surface area contributed by atoms with Crippen LogP contribution in [0.15, 0.2) is 23.2 Å². The van der Waals surface area contributed by atoms with Gasteiger partial charge in [0.2, 0.25) is 0 Å². The Morgan fingerprint density at radius 2 is 2.27 bits per heavy atom. The average Bonchev–Trinajstić information content (AvgIpc) is 2.33. The molecule has 1 aliphatic heterocycles. The van der Waals surface area contributed by atoms with Crippen molar-refractivity contribution in [3.8, 4) is 0 Å². The standard InChI is InChI=1S/C9H8BN/c1-6-5-11-9-3-2-7(10)4-8(6)9/h2-6H,1H3. The molecule has 0 fully saturated rings. The van der Waals surface area contributed by atoms with E-state index in [4.69, 9.17) is 7.85 Å². The number of nitrogens with zero attached hydrogens (tertiary/aromatic N) is 1. The number of fused-ring (bicyclic) bond motifs is 1. The SMILES string of the molecule is [B]c1ccc2c(c1)C(C)C=N2. The van der Waals surface area contributed by atoms with E-state index in [-0.39, 0.29) is 0 Å². The zero-order chi connectivity index (χ0) is 7.84. The van der Waals surface area contributed by atoms with E-state index in [2.05, 4.69) is 11.9 Å². The van der Waals surface area contributed by atoms with Gasteiger partial charge < -0.3 is 0 Å². The Hall–Kier alpha value is -1.05. The number of hydrogen-bond acceptors (Lipinski definition) is 1. The minimum Gasteiger partial charge on any atom is -0.260 e. The summed E-state index contributed by atoms with van der Waals surface area (Å²) in [6.07, 6.45) is 1.95. The lowest BCUT2D eigenvalue weighted by Crippen LogP contribution is -2.02. The molecule has 2 heteroatoms. The second-order valence-electron chi connectivity index (χ2n) is 2.89. The van der Waals surface area contributed by atoms with E-state index in [0.29, 0.717) is 5.92 Å². The van der Waals surface area contributed by atoms with Gasteiger partial charge in [0.1, 0.15) is 7.85 Å². The molecular formula is C9H8BN. The van der Waals surface area contributed by atoms with Gasteiger partial charge in [0.05, 0.1) is 5.69 Å². The van der Waals surface area contributed by atoms with Gasteiger partial charge in [-0.2, -0.15) is 0 Å². The number of rotatable bonds is 0. The Morgan fingerprint density at radius 1 is 1.45 bits per heavy atom. The van der Waals surface area contributed by atoms with E-state index in [1.165, 1.54) is 5.56 Å². The van der Waals surface area contributed by atoms with Gasteiger partial charge in [-0.05, 0) is 11.6 Å². The lowest BCUT2D eigenvalue weighted by atomic mass is 9.91. The summed E-state index contributed by atoms with van der Waals surface area (Å²) in [5.41, 5.74) is 3.12. The van der Waals surface area contributed by atoms with Gasteiger partial charge in [-0.15, -0.1) is 0 Å². The van der Waals surface area contributed by atoms with Crippen LogP contribution in [0, 0.1) is 0 Å². The number of benzene rings is 1. The summed E-state index contributed by atoms with van der Waals surface area (Å²) in [6.45, 7) is 2.12. The highest BCUT2D eigenvalue weighted by Gasteiger charge is 2.12. The summed E-state index contributed by atoms with van der Waals surface area (Å²) in [5.74, 6) is 0.425. The molecule has 0 saturated heterocycles. The first kappa shape index (κ1) is 6.65. The van der Waals surface area contributed by atoms with Crippen LogP contribution in [0.4, 0.5) is 5.69 Å². The molecule has 0 amide bonds. The summed E-state index contributed by atoms with van der Waals surface area (Å²) >= 11 is 0. The van der Waals surface area contributed by atoms with Crippen molar-refractivity contribution < 1.29 is 0 Å². The van der Waals surface area contributed by atoms with Gasteiger partial charge in [0.15, 0.2) is 0 Å². The molecule has 0 saturated carbocycles. The summed E-state index contributed by atoms with van der Waals surface area (Å²) in [7, 11) is 5.64. The highest BCUT2D eigenvalue weighted by Crippen LogP contribution is 2.29. The molecule has 1 aromatic rings. The molecule has 1 unspecified atom stereocenters. The minimum absolute atomic E-state index is 0.425. The van der Waals surface area contributed by atoms with Crippen molar-refractivity contribution in [2.24, 2.45) is 4.99 Å². The van der Waals surface area contributed by atoms with Crippen LogP contribution in [0.2, 0.25) is 0 Å². The van der Waals surface area contributed by atoms with Crippen LogP contribution in [0.5, 0.6) is 0 Å². The molecule has 1 atom stereocenters. The third kappa shape index (κ3) is 0.986. The molecular weight excluding hydrogens is 133 g/mol. The largest absolute Gasteiger partial charge is 0.260 e. The van der Waals surface area contributed by atoms with Gasteiger partial charge in [-0.1, -0.05) is 24.5 Å². The average molecular weight is 141 g/mol. The van der Waals surface area contributed by atoms with Crippen LogP contribution < -0.4 is 5.46 Å². The van der Waals surface area contributed by atoms with E-state index < -0.39 is 0 Å². The monoisotopic (exact) mass is 141 g/mol. The lowest BCUT2D eigenvalue weighted by Gasteiger charge is -2.02. The van der Waals surface area contributed by atoms with E-state index in [0.717, 1.165) is 11.2 Å². The van der Waals surface area contributed by atoms with Crippen molar-refractivity contribution in [2.45, 2.75) is 12.8 Å². The molecule has 0 aliphatic carbocycles. The molecule has 2 rings (SSSR count). The van der Waals surface area contributed by atoms with Gasteiger partial charge in [0.25, 0.3) is 0 Å². The van der Waals surface area contributed by atoms with Gasteiger partial charge >= 0.3 is 0 Å². The van der Waals surface area contributed by atoms with Crippen LogP contribution in [-0.4, -0.2) is 14.1 Å². The summed E-state index contributed by atoms with van der Waals surface area (Å²) in [5, 5.41) is 0. The zero-order valence-corrected chi connectivity index (χ0v) is 6.41. The quantitative estimate of drug-likeness (QED) is 0.483. The number of hydrogen-bond donors (Lipinski definition) is 0. The Bertz CT molecular complexity index is 317. The van der Waals surface area contributed by atoms with Crippen molar-refractivity contribution in [1.82, 2.24) is 0 Å². The second kappa shape index (κ2) is 2.23. The molecule has 0 spiro atoms. The van der Waals surface area contributed by atoms with Crippen LogP contribution in [-0.2, 0) is 0 Å². The van der Waals surface area contributed by atoms with Gasteiger partial charge in [-0.3, -0.25) is 4.99 Å². The lowest BCUT2D eigenvalue weighted by molar-refractivity contribution is 1.08. The Morgan fingerprint density at radius 3 is 3.09 bits per heavy atom. The molecule has 1 nitrogen and oxygen atoms in total. The molecule has 0 aromatic heterocycles. The first-order chi connectivity index (χ1) is 5.27. The summed E-state index contributed by atoms with van der Waals surface area (Å²) < 4.78 is 0. The molecule has 2 radical (unpaired) electrons. The Kier molecular flexibility index (Phi) is 1.35. The molecule has 11 heavy (non-hydrogen) atoms. The van der Waals surface area contributed by atoms with Crippen LogP contribution in [0.1, 0.15) is 18.4 Å². The zero-order valence-electron chi connectivity index (χ0n) is 6.41. The van der Waals surface area contributed by atoms with Crippen molar-refractivity contribution in [1.29, 1.82) is 0 Å². The first-order valence-electron chi connectivity index (χ1n) is 3.71. The highest BCUT2D eigenvalue weighted by atomic mass is 14.8. The predicted octanol–water partition coefficient (Wildman–Crippen LogP) is 1.30. The predicted molar refractivity (Wildman–Crippen MR) is 48.4 cm³/mol. The Balaban J connectivity index is 2.58. The maximum atomic E-state index is 5.64. The Labute approximate surface area is 67.6 Å². The third-order valence-electron chi connectivity index (χ3n) is 1.98. The first-order valence-corrected chi connectivity index (χ1v) is 3.71. The van der Waals surface area contributed by atoms with Crippen molar-refractivity contribution in [2.75, 3.05) is 0 Å². The molecule has 0 N–H and O–H groups in total. The number of aliphatic imine (C=N–C) groups is 1. The molecule has 52 valence electrons. The topological polar surface area (TPSA) is 12.4 Å². The molecule has 1 aliphatic rings. The van der Waals surface area contributed by atoms with Crippen LogP contribution in [0.3, 0.4) is 0 Å². The van der Waals surface area contributed by atoms with E-state index >= 15 is 0 Å². The third-order valence-corrected chi connectivity index (χ3v) is 1.98. The molecule has 0 bridgehead atoms. The summed E-state index contributed by atoms with van der Waals surface area (Å²) in [6, 6.07) is 5.84. The summed E-state index contributed by atoms with van der Waals surface area (Å²) in [4.78, 5) is 4.24. The molecule has 1 aromatic carbocycles. The maximum absolute atomic E-state index is 5.64. The van der Waals surface area contributed by atoms with Crippen molar-refractivity contribution in [3.05, 3.63) is 23.8 Å². The second-order valence-corrected chi connectivity index (χ2v) is 2.89. The van der Waals surface area contributed by atoms with E-state index in [9.17, 15) is 0 Å². The van der Waals surface area contributed by atoms with E-state index in [1.807, 2.05) is 24.4 Å². The molecule has 1 heterocycles. The minimum atomic E-state index is 0.425. The van der Waals surface area contributed by atoms with E-state index in [1.54, 1.807) is 0 Å². The normalized spacial score (nSPS) is 20.3.